The second-order valence-electron chi connectivity index (χ2n) is 6.34. The van der Waals surface area contributed by atoms with Gasteiger partial charge in [-0.3, -0.25) is 0 Å². The van der Waals surface area contributed by atoms with Crippen LogP contribution in [0.5, 0.6) is 0 Å². The smallest absolute Gasteiger partial charge is 0.00964 e. The minimum atomic E-state index is 0.809. The molecule has 2 saturated carbocycles. The molecule has 0 aromatic rings. The van der Waals surface area contributed by atoms with Gasteiger partial charge >= 0.3 is 0 Å². The average molecular weight is 252 g/mol. The first-order valence-corrected chi connectivity index (χ1v) is 8.30. The Morgan fingerprint density at radius 3 is 2.22 bits per heavy atom. The van der Waals surface area contributed by atoms with Crippen LogP contribution in [0.2, 0.25) is 0 Å². The predicted octanol–water partition coefficient (Wildman–Crippen LogP) is 3.42. The SMILES string of the molecule is CCCNC1CCC(N(CC)CC2CCC2)CC1. The van der Waals surface area contributed by atoms with Gasteiger partial charge < -0.3 is 10.2 Å². The third kappa shape index (κ3) is 3.96. The Bertz CT molecular complexity index is 217. The molecule has 0 aliphatic heterocycles. The molecular formula is C16H32N2. The van der Waals surface area contributed by atoms with E-state index in [9.17, 15) is 0 Å². The van der Waals surface area contributed by atoms with Gasteiger partial charge in [0.05, 0.1) is 0 Å². The zero-order chi connectivity index (χ0) is 12.8. The van der Waals surface area contributed by atoms with Gasteiger partial charge in [0.15, 0.2) is 0 Å². The van der Waals surface area contributed by atoms with E-state index in [1.807, 2.05) is 0 Å². The third-order valence-corrected chi connectivity index (χ3v) is 5.02. The van der Waals surface area contributed by atoms with Crippen molar-refractivity contribution < 1.29 is 0 Å². The molecule has 18 heavy (non-hydrogen) atoms. The molecule has 0 saturated heterocycles. The van der Waals surface area contributed by atoms with E-state index >= 15 is 0 Å². The van der Waals surface area contributed by atoms with Gasteiger partial charge in [-0.15, -0.1) is 0 Å². The van der Waals surface area contributed by atoms with Crippen LogP contribution in [0.1, 0.15) is 65.2 Å². The summed E-state index contributed by atoms with van der Waals surface area (Å²) in [6, 6.07) is 1.69. The second-order valence-corrected chi connectivity index (χ2v) is 6.34. The van der Waals surface area contributed by atoms with E-state index < -0.39 is 0 Å². The van der Waals surface area contributed by atoms with Gasteiger partial charge in [0.2, 0.25) is 0 Å². The number of nitrogens with zero attached hydrogens (tertiary/aromatic N) is 1. The maximum Gasteiger partial charge on any atom is 0.00964 e. The number of rotatable bonds is 7. The van der Waals surface area contributed by atoms with Crippen LogP contribution in [0.3, 0.4) is 0 Å². The molecule has 2 heteroatoms. The molecule has 0 spiro atoms. The fraction of sp³-hybridized carbons (Fsp3) is 1.00. The first-order chi connectivity index (χ1) is 8.83. The quantitative estimate of drug-likeness (QED) is 0.747. The summed E-state index contributed by atoms with van der Waals surface area (Å²) in [5.41, 5.74) is 0. The van der Waals surface area contributed by atoms with Crippen molar-refractivity contribution in [1.29, 1.82) is 0 Å². The first-order valence-electron chi connectivity index (χ1n) is 8.30. The summed E-state index contributed by atoms with van der Waals surface area (Å²) < 4.78 is 0. The fourth-order valence-corrected chi connectivity index (χ4v) is 3.54. The predicted molar refractivity (Wildman–Crippen MR) is 78.9 cm³/mol. The van der Waals surface area contributed by atoms with Gasteiger partial charge in [-0.1, -0.05) is 20.3 Å². The highest BCUT2D eigenvalue weighted by Gasteiger charge is 2.27. The molecule has 106 valence electrons. The van der Waals surface area contributed by atoms with Gasteiger partial charge in [-0.2, -0.15) is 0 Å². The largest absolute Gasteiger partial charge is 0.314 e. The average Bonchev–Trinajstić information content (AvgIpc) is 2.36. The summed E-state index contributed by atoms with van der Waals surface area (Å²) >= 11 is 0. The number of hydrogen-bond donors (Lipinski definition) is 1. The van der Waals surface area contributed by atoms with Crippen molar-refractivity contribution in [2.45, 2.75) is 77.3 Å². The molecule has 0 heterocycles. The zero-order valence-electron chi connectivity index (χ0n) is 12.5. The fourth-order valence-electron chi connectivity index (χ4n) is 3.54. The molecule has 0 amide bonds. The van der Waals surface area contributed by atoms with Crippen molar-refractivity contribution in [3.8, 4) is 0 Å². The van der Waals surface area contributed by atoms with Crippen molar-refractivity contribution in [2.75, 3.05) is 19.6 Å². The van der Waals surface area contributed by atoms with Crippen LogP contribution in [0.15, 0.2) is 0 Å². The standard InChI is InChI=1S/C16H32N2/c1-3-12-17-15-8-10-16(11-9-15)18(4-2)13-14-6-5-7-14/h14-17H,3-13H2,1-2H3. The summed E-state index contributed by atoms with van der Waals surface area (Å²) in [7, 11) is 0. The third-order valence-electron chi connectivity index (χ3n) is 5.02. The summed E-state index contributed by atoms with van der Waals surface area (Å²) in [5.74, 6) is 1.03. The number of hydrogen-bond acceptors (Lipinski definition) is 2. The van der Waals surface area contributed by atoms with Crippen molar-refractivity contribution in [2.24, 2.45) is 5.92 Å². The van der Waals surface area contributed by atoms with E-state index in [1.54, 1.807) is 0 Å². The van der Waals surface area contributed by atoms with E-state index in [4.69, 9.17) is 0 Å². The Morgan fingerprint density at radius 2 is 1.72 bits per heavy atom. The topological polar surface area (TPSA) is 15.3 Å². The normalized spacial score (nSPS) is 29.5. The second kappa shape index (κ2) is 7.49. The summed E-state index contributed by atoms with van der Waals surface area (Å²) in [5, 5.41) is 3.69. The molecule has 2 fully saturated rings. The van der Waals surface area contributed by atoms with Gasteiger partial charge in [-0.25, -0.2) is 0 Å². The van der Waals surface area contributed by atoms with Crippen LogP contribution in [0.25, 0.3) is 0 Å². The van der Waals surface area contributed by atoms with Crippen LogP contribution in [0, 0.1) is 5.92 Å². The molecule has 0 aromatic carbocycles. The van der Waals surface area contributed by atoms with Gasteiger partial charge in [0.25, 0.3) is 0 Å². The Hall–Kier alpha value is -0.0800. The van der Waals surface area contributed by atoms with E-state index in [0.29, 0.717) is 0 Å². The lowest BCUT2D eigenvalue weighted by Gasteiger charge is -2.40. The number of nitrogens with one attached hydrogen (secondary N) is 1. The minimum absolute atomic E-state index is 0.809. The van der Waals surface area contributed by atoms with Crippen molar-refractivity contribution >= 4 is 0 Å². The molecule has 0 unspecified atom stereocenters. The van der Waals surface area contributed by atoms with E-state index in [-0.39, 0.29) is 0 Å². The van der Waals surface area contributed by atoms with Gasteiger partial charge in [-0.05, 0) is 64.0 Å². The van der Waals surface area contributed by atoms with E-state index in [2.05, 4.69) is 24.1 Å². The minimum Gasteiger partial charge on any atom is -0.314 e. The molecule has 1 N–H and O–H groups in total. The summed E-state index contributed by atoms with van der Waals surface area (Å²) in [6.07, 6.45) is 11.4. The van der Waals surface area contributed by atoms with Crippen molar-refractivity contribution in [1.82, 2.24) is 10.2 Å². The van der Waals surface area contributed by atoms with E-state index in [1.165, 1.54) is 71.0 Å². The maximum absolute atomic E-state index is 3.69. The summed E-state index contributed by atoms with van der Waals surface area (Å²) in [4.78, 5) is 2.78. The highest BCUT2D eigenvalue weighted by atomic mass is 15.2. The molecule has 0 bridgehead atoms. The van der Waals surface area contributed by atoms with Crippen molar-refractivity contribution in [3.05, 3.63) is 0 Å². The molecular weight excluding hydrogens is 220 g/mol. The van der Waals surface area contributed by atoms with Crippen molar-refractivity contribution in [3.63, 3.8) is 0 Å². The Kier molecular flexibility index (Phi) is 5.97. The lowest BCUT2D eigenvalue weighted by molar-refractivity contribution is 0.106. The lowest BCUT2D eigenvalue weighted by Crippen LogP contribution is -2.45. The maximum atomic E-state index is 3.69. The van der Waals surface area contributed by atoms with Crippen LogP contribution in [-0.4, -0.2) is 36.6 Å². The van der Waals surface area contributed by atoms with Gasteiger partial charge in [0, 0.05) is 18.6 Å². The molecule has 2 aliphatic carbocycles. The molecule has 2 aliphatic rings. The van der Waals surface area contributed by atoms with Crippen LogP contribution in [0.4, 0.5) is 0 Å². The monoisotopic (exact) mass is 252 g/mol. The van der Waals surface area contributed by atoms with Crippen LogP contribution in [-0.2, 0) is 0 Å². The molecule has 2 nitrogen and oxygen atoms in total. The van der Waals surface area contributed by atoms with Crippen LogP contribution < -0.4 is 5.32 Å². The molecule has 0 atom stereocenters. The zero-order valence-corrected chi connectivity index (χ0v) is 12.5. The van der Waals surface area contributed by atoms with Gasteiger partial charge in [0.1, 0.15) is 0 Å². The molecule has 0 aromatic heterocycles. The Morgan fingerprint density at radius 1 is 1.00 bits per heavy atom. The molecule has 0 radical (unpaired) electrons. The molecule has 2 rings (SSSR count). The summed E-state index contributed by atoms with van der Waals surface area (Å²) in [6.45, 7) is 8.45. The van der Waals surface area contributed by atoms with E-state index in [0.717, 1.165) is 18.0 Å². The van der Waals surface area contributed by atoms with Crippen LogP contribution >= 0.6 is 0 Å². The highest BCUT2D eigenvalue weighted by Crippen LogP contribution is 2.30. The first kappa shape index (κ1) is 14.3. The highest BCUT2D eigenvalue weighted by molar-refractivity contribution is 4.84. The Balaban J connectivity index is 1.69. The lowest BCUT2D eigenvalue weighted by atomic mass is 9.83. The Labute approximate surface area is 114 Å².